The second kappa shape index (κ2) is 9.90. The average Bonchev–Trinajstić information content (AvgIpc) is 2.66. The van der Waals surface area contributed by atoms with Crippen LogP contribution in [0, 0.1) is 0 Å². The summed E-state index contributed by atoms with van der Waals surface area (Å²) in [5.41, 5.74) is 1.78. The molecule has 0 aliphatic rings. The molecular weight excluding hydrogens is 354 g/mol. The van der Waals surface area contributed by atoms with Gasteiger partial charge in [0.05, 0.1) is 19.9 Å². The van der Waals surface area contributed by atoms with Crippen LogP contribution >= 0.6 is 0 Å². The Morgan fingerprint density at radius 3 is 2.89 bits per heavy atom. The van der Waals surface area contributed by atoms with Gasteiger partial charge in [0.25, 0.3) is 5.56 Å². The molecule has 1 heterocycles. The van der Waals surface area contributed by atoms with Gasteiger partial charge in [-0.05, 0) is 18.6 Å². The van der Waals surface area contributed by atoms with Crippen molar-refractivity contribution in [3.8, 4) is 11.5 Å². The summed E-state index contributed by atoms with van der Waals surface area (Å²) in [6, 6.07) is 5.34. The Hall–Kier alpha value is -3.43. The number of methoxy groups -OCH3 is 1. The SMILES string of the molecule is CCCOc1c(/C=N/NC(=O)CCc2n[nH]c(=O)[nH]c2=O)cccc1OC. The molecule has 1 aromatic heterocycles. The van der Waals surface area contributed by atoms with E-state index in [1.165, 1.54) is 6.21 Å². The highest BCUT2D eigenvalue weighted by Crippen LogP contribution is 2.30. The molecule has 0 spiro atoms. The highest BCUT2D eigenvalue weighted by Gasteiger charge is 2.09. The second-order valence-electron chi connectivity index (χ2n) is 5.47. The smallest absolute Gasteiger partial charge is 0.342 e. The first-order chi connectivity index (χ1) is 13.0. The molecule has 27 heavy (non-hydrogen) atoms. The topological polar surface area (TPSA) is 139 Å². The molecule has 1 amide bonds. The number of aromatic amines is 2. The van der Waals surface area contributed by atoms with Crippen molar-refractivity contribution in [3.63, 3.8) is 0 Å². The van der Waals surface area contributed by atoms with E-state index in [-0.39, 0.29) is 18.5 Å². The highest BCUT2D eigenvalue weighted by atomic mass is 16.5. The van der Waals surface area contributed by atoms with Gasteiger partial charge in [-0.3, -0.25) is 14.6 Å². The molecule has 2 rings (SSSR count). The van der Waals surface area contributed by atoms with E-state index in [1.807, 2.05) is 11.9 Å². The molecular formula is C17H21N5O5. The van der Waals surface area contributed by atoms with E-state index in [9.17, 15) is 14.4 Å². The number of amides is 1. The molecule has 0 radical (unpaired) electrons. The fourth-order valence-electron chi connectivity index (χ4n) is 2.16. The number of benzene rings is 1. The molecule has 2 aromatic rings. The minimum absolute atomic E-state index is 0.0171. The van der Waals surface area contributed by atoms with Gasteiger partial charge < -0.3 is 9.47 Å². The van der Waals surface area contributed by atoms with E-state index in [1.54, 1.807) is 25.3 Å². The molecule has 1 aromatic carbocycles. The number of carbonyl (C=O) groups is 1. The molecule has 0 unspecified atom stereocenters. The van der Waals surface area contributed by atoms with E-state index in [0.717, 1.165) is 6.42 Å². The summed E-state index contributed by atoms with van der Waals surface area (Å²) < 4.78 is 11.0. The van der Waals surface area contributed by atoms with Crippen molar-refractivity contribution < 1.29 is 14.3 Å². The van der Waals surface area contributed by atoms with Gasteiger partial charge in [-0.1, -0.05) is 13.0 Å². The largest absolute Gasteiger partial charge is 0.493 e. The van der Waals surface area contributed by atoms with Gasteiger partial charge in [0.1, 0.15) is 5.69 Å². The van der Waals surface area contributed by atoms with Crippen molar-refractivity contribution in [2.45, 2.75) is 26.2 Å². The van der Waals surface area contributed by atoms with Crippen molar-refractivity contribution in [2.24, 2.45) is 5.10 Å². The number of hydrazone groups is 1. The van der Waals surface area contributed by atoms with Gasteiger partial charge in [0, 0.05) is 18.4 Å². The monoisotopic (exact) mass is 375 g/mol. The third-order valence-electron chi connectivity index (χ3n) is 3.44. The lowest BCUT2D eigenvalue weighted by atomic mass is 10.2. The number of ether oxygens (including phenoxy) is 2. The minimum atomic E-state index is -0.697. The van der Waals surface area contributed by atoms with Crippen LogP contribution in [0.15, 0.2) is 32.9 Å². The zero-order chi connectivity index (χ0) is 19.6. The van der Waals surface area contributed by atoms with E-state index in [0.29, 0.717) is 23.7 Å². The van der Waals surface area contributed by atoms with Crippen molar-refractivity contribution in [3.05, 3.63) is 50.3 Å². The number of nitrogens with zero attached hydrogens (tertiary/aromatic N) is 2. The third-order valence-corrected chi connectivity index (χ3v) is 3.44. The van der Waals surface area contributed by atoms with Gasteiger partial charge in [-0.15, -0.1) is 0 Å². The first kappa shape index (κ1) is 19.9. The fraction of sp³-hybridized carbons (Fsp3) is 0.353. The predicted molar refractivity (Wildman–Crippen MR) is 98.3 cm³/mol. The summed E-state index contributed by atoms with van der Waals surface area (Å²) in [7, 11) is 1.55. The Morgan fingerprint density at radius 2 is 2.19 bits per heavy atom. The predicted octanol–water partition coefficient (Wildman–Crippen LogP) is 0.339. The van der Waals surface area contributed by atoms with E-state index in [4.69, 9.17) is 9.47 Å². The Kier molecular flexibility index (Phi) is 7.29. The number of H-pyrrole nitrogens is 2. The standard InChI is InChI=1S/C17H21N5O5/c1-3-9-27-15-11(5-4-6-13(15)26-2)10-18-21-14(23)8-7-12-16(24)19-17(25)22-20-12/h4-6,10H,3,7-9H2,1-2H3,(H,21,23)(H2,19,22,24,25)/b18-10+. The number of nitrogens with one attached hydrogen (secondary N) is 3. The Balaban J connectivity index is 1.97. The lowest BCUT2D eigenvalue weighted by Gasteiger charge is -2.12. The second-order valence-corrected chi connectivity index (χ2v) is 5.47. The van der Waals surface area contributed by atoms with Crippen LogP contribution in [-0.2, 0) is 11.2 Å². The van der Waals surface area contributed by atoms with Gasteiger partial charge in [-0.2, -0.15) is 10.2 Å². The lowest BCUT2D eigenvalue weighted by Crippen LogP contribution is -2.28. The van der Waals surface area contributed by atoms with Crippen molar-refractivity contribution in [1.29, 1.82) is 0 Å². The van der Waals surface area contributed by atoms with Crippen LogP contribution < -0.4 is 26.1 Å². The number of aromatic nitrogens is 3. The van der Waals surface area contributed by atoms with Gasteiger partial charge in [-0.25, -0.2) is 15.3 Å². The van der Waals surface area contributed by atoms with Crippen LogP contribution in [0.5, 0.6) is 11.5 Å². The van der Waals surface area contributed by atoms with Gasteiger partial charge in [0.15, 0.2) is 11.5 Å². The number of hydrogen-bond acceptors (Lipinski definition) is 7. The van der Waals surface area contributed by atoms with Crippen LogP contribution in [0.2, 0.25) is 0 Å². The van der Waals surface area contributed by atoms with E-state index in [2.05, 4.69) is 20.7 Å². The summed E-state index contributed by atoms with van der Waals surface area (Å²) in [5.74, 6) is 0.712. The van der Waals surface area contributed by atoms with Crippen LogP contribution in [0.25, 0.3) is 0 Å². The van der Waals surface area contributed by atoms with E-state index < -0.39 is 17.2 Å². The van der Waals surface area contributed by atoms with E-state index >= 15 is 0 Å². The zero-order valence-corrected chi connectivity index (χ0v) is 15.1. The first-order valence-electron chi connectivity index (χ1n) is 8.34. The summed E-state index contributed by atoms with van der Waals surface area (Å²) in [6.07, 6.45) is 2.34. The molecule has 0 bridgehead atoms. The number of hydrogen-bond donors (Lipinski definition) is 3. The summed E-state index contributed by atoms with van der Waals surface area (Å²) in [4.78, 5) is 36.3. The number of rotatable bonds is 9. The molecule has 144 valence electrons. The third kappa shape index (κ3) is 5.80. The summed E-state index contributed by atoms with van der Waals surface area (Å²) in [6.45, 7) is 2.51. The molecule has 10 heteroatoms. The van der Waals surface area contributed by atoms with Crippen molar-refractivity contribution in [2.75, 3.05) is 13.7 Å². The summed E-state index contributed by atoms with van der Waals surface area (Å²) >= 11 is 0. The van der Waals surface area contributed by atoms with Crippen LogP contribution in [-0.4, -0.2) is 41.0 Å². The molecule has 0 fully saturated rings. The maximum atomic E-state index is 11.9. The Labute approximate surface area is 154 Å². The normalized spacial score (nSPS) is 10.7. The molecule has 0 aliphatic heterocycles. The van der Waals surface area contributed by atoms with Crippen molar-refractivity contribution in [1.82, 2.24) is 20.6 Å². The number of para-hydroxylation sites is 1. The Bertz CT molecular complexity index is 918. The number of aryl methyl sites for hydroxylation is 1. The highest BCUT2D eigenvalue weighted by molar-refractivity contribution is 5.86. The lowest BCUT2D eigenvalue weighted by molar-refractivity contribution is -0.121. The van der Waals surface area contributed by atoms with Crippen LogP contribution in [0.3, 0.4) is 0 Å². The average molecular weight is 375 g/mol. The quantitative estimate of drug-likeness (QED) is 0.427. The molecule has 0 saturated heterocycles. The van der Waals surface area contributed by atoms with Gasteiger partial charge >= 0.3 is 5.69 Å². The maximum Gasteiger partial charge on any atom is 0.342 e. The minimum Gasteiger partial charge on any atom is -0.493 e. The molecule has 0 saturated carbocycles. The van der Waals surface area contributed by atoms with Crippen molar-refractivity contribution >= 4 is 12.1 Å². The molecule has 0 atom stereocenters. The molecule has 0 aliphatic carbocycles. The zero-order valence-electron chi connectivity index (χ0n) is 15.1. The molecule has 3 N–H and O–H groups in total. The van der Waals surface area contributed by atoms with Crippen LogP contribution in [0.1, 0.15) is 31.0 Å². The van der Waals surface area contributed by atoms with Gasteiger partial charge in [0.2, 0.25) is 5.91 Å². The molecule has 10 nitrogen and oxygen atoms in total. The maximum absolute atomic E-state index is 11.9. The Morgan fingerprint density at radius 1 is 1.37 bits per heavy atom. The van der Waals surface area contributed by atoms with Crippen LogP contribution in [0.4, 0.5) is 0 Å². The first-order valence-corrected chi connectivity index (χ1v) is 8.34. The summed E-state index contributed by atoms with van der Waals surface area (Å²) in [5, 5.41) is 9.63. The fourth-order valence-corrected chi connectivity index (χ4v) is 2.16. The number of carbonyl (C=O) groups excluding carboxylic acids is 1.